The maximum Gasteiger partial charge on any atom is 0.326 e. The van der Waals surface area contributed by atoms with Crippen molar-refractivity contribution in [2.75, 3.05) is 10.6 Å². The highest BCUT2D eigenvalue weighted by Crippen LogP contribution is 2.23. The van der Waals surface area contributed by atoms with Crippen molar-refractivity contribution >= 4 is 33.5 Å². The molecule has 1 aromatic heterocycles. The molecule has 1 heterocycles. The Morgan fingerprint density at radius 2 is 1.75 bits per heavy atom. The van der Waals surface area contributed by atoms with E-state index in [4.69, 9.17) is 4.42 Å². The summed E-state index contributed by atoms with van der Waals surface area (Å²) >= 11 is 3.20. The van der Waals surface area contributed by atoms with E-state index in [0.717, 1.165) is 29.7 Å². The first kappa shape index (κ1) is 14.7. The second-order valence-corrected chi connectivity index (χ2v) is 5.12. The Labute approximate surface area is 126 Å². The number of amides is 2. The van der Waals surface area contributed by atoms with Crippen molar-refractivity contribution in [3.63, 3.8) is 0 Å². The Morgan fingerprint density at radius 1 is 1.10 bits per heavy atom. The first-order valence-corrected chi connectivity index (χ1v) is 7.37. The highest BCUT2D eigenvalue weighted by molar-refractivity contribution is 9.10. The third kappa shape index (κ3) is 3.42. The predicted molar refractivity (Wildman–Crippen MR) is 84.2 cm³/mol. The molecule has 0 fully saturated rings. The fraction of sp³-hybridized carbons (Fsp3) is 0.267. The van der Waals surface area contributed by atoms with Crippen LogP contribution in [0.15, 0.2) is 39.4 Å². The molecule has 0 saturated carbocycles. The number of aryl methyl sites for hydroxylation is 2. The van der Waals surface area contributed by atoms with Crippen LogP contribution in [0.1, 0.15) is 25.0 Å². The molecule has 0 atom stereocenters. The number of furan rings is 1. The Morgan fingerprint density at radius 3 is 2.25 bits per heavy atom. The minimum Gasteiger partial charge on any atom is -0.434 e. The molecule has 2 aromatic rings. The first-order chi connectivity index (χ1) is 9.63. The van der Waals surface area contributed by atoms with Crippen molar-refractivity contribution in [3.8, 4) is 0 Å². The summed E-state index contributed by atoms with van der Waals surface area (Å²) in [6, 6.07) is 9.19. The number of anilines is 2. The van der Waals surface area contributed by atoms with Gasteiger partial charge in [0.15, 0.2) is 4.67 Å². The SMILES string of the molecule is CCc1cccc(CC)c1NC(=O)Nc1ccc(Br)o1. The number of halogens is 1. The van der Waals surface area contributed by atoms with E-state index in [1.807, 2.05) is 18.2 Å². The van der Waals surface area contributed by atoms with Gasteiger partial charge in [-0.05, 0) is 46.0 Å². The van der Waals surface area contributed by atoms with E-state index < -0.39 is 0 Å². The van der Waals surface area contributed by atoms with E-state index in [1.54, 1.807) is 12.1 Å². The topological polar surface area (TPSA) is 54.3 Å². The summed E-state index contributed by atoms with van der Waals surface area (Å²) in [5.74, 6) is 0.404. The van der Waals surface area contributed by atoms with Crippen LogP contribution in [0.2, 0.25) is 0 Å². The van der Waals surface area contributed by atoms with Crippen LogP contribution in [0.4, 0.5) is 16.4 Å². The van der Waals surface area contributed by atoms with Crippen LogP contribution in [0.3, 0.4) is 0 Å². The maximum atomic E-state index is 12.0. The average Bonchev–Trinajstić information content (AvgIpc) is 2.84. The number of nitrogens with one attached hydrogen (secondary N) is 2. The van der Waals surface area contributed by atoms with E-state index in [9.17, 15) is 4.79 Å². The van der Waals surface area contributed by atoms with Gasteiger partial charge in [0.1, 0.15) is 0 Å². The van der Waals surface area contributed by atoms with Gasteiger partial charge in [0.05, 0.1) is 0 Å². The summed E-state index contributed by atoms with van der Waals surface area (Å²) < 4.78 is 5.83. The van der Waals surface area contributed by atoms with Gasteiger partial charge in [0.25, 0.3) is 0 Å². The smallest absolute Gasteiger partial charge is 0.326 e. The van der Waals surface area contributed by atoms with Crippen molar-refractivity contribution in [1.82, 2.24) is 0 Å². The van der Waals surface area contributed by atoms with E-state index in [0.29, 0.717) is 10.6 Å². The molecule has 1 aromatic carbocycles. The largest absolute Gasteiger partial charge is 0.434 e. The van der Waals surface area contributed by atoms with E-state index in [-0.39, 0.29) is 6.03 Å². The van der Waals surface area contributed by atoms with Gasteiger partial charge in [-0.2, -0.15) is 0 Å². The molecule has 0 aliphatic carbocycles. The average molecular weight is 337 g/mol. The summed E-state index contributed by atoms with van der Waals surface area (Å²) in [6.45, 7) is 4.14. The van der Waals surface area contributed by atoms with Crippen molar-refractivity contribution in [3.05, 3.63) is 46.1 Å². The van der Waals surface area contributed by atoms with Crippen molar-refractivity contribution in [2.45, 2.75) is 26.7 Å². The first-order valence-electron chi connectivity index (χ1n) is 6.58. The fourth-order valence-corrected chi connectivity index (χ4v) is 2.35. The summed E-state index contributed by atoms with van der Waals surface area (Å²) in [7, 11) is 0. The summed E-state index contributed by atoms with van der Waals surface area (Å²) in [5, 5.41) is 5.58. The number of para-hydroxylation sites is 1. The molecular weight excluding hydrogens is 320 g/mol. The lowest BCUT2D eigenvalue weighted by Gasteiger charge is -2.14. The molecule has 0 spiro atoms. The van der Waals surface area contributed by atoms with Crippen LogP contribution >= 0.6 is 15.9 Å². The molecule has 0 radical (unpaired) electrons. The predicted octanol–water partition coefficient (Wildman–Crippen LogP) is 4.81. The van der Waals surface area contributed by atoms with Crippen LogP contribution < -0.4 is 10.6 Å². The summed E-state index contributed by atoms with van der Waals surface area (Å²) in [5.41, 5.74) is 3.14. The van der Waals surface area contributed by atoms with Gasteiger partial charge in [-0.15, -0.1) is 0 Å². The van der Waals surface area contributed by atoms with Gasteiger partial charge in [-0.3, -0.25) is 5.32 Å². The number of carbonyl (C=O) groups is 1. The fourth-order valence-electron chi connectivity index (χ4n) is 2.04. The second-order valence-electron chi connectivity index (χ2n) is 4.34. The maximum absolute atomic E-state index is 12.0. The third-order valence-electron chi connectivity index (χ3n) is 3.05. The van der Waals surface area contributed by atoms with E-state index in [2.05, 4.69) is 40.4 Å². The number of urea groups is 1. The highest BCUT2D eigenvalue weighted by Gasteiger charge is 2.11. The lowest BCUT2D eigenvalue weighted by molar-refractivity contribution is 0.261. The monoisotopic (exact) mass is 336 g/mol. The lowest BCUT2D eigenvalue weighted by atomic mass is 10.0. The Hall–Kier alpha value is -1.75. The Bertz CT molecular complexity index is 585. The van der Waals surface area contributed by atoms with Crippen LogP contribution in [0.5, 0.6) is 0 Å². The molecule has 5 heteroatoms. The molecule has 0 saturated heterocycles. The van der Waals surface area contributed by atoms with Gasteiger partial charge in [0, 0.05) is 11.8 Å². The molecule has 0 bridgehead atoms. The van der Waals surface area contributed by atoms with Gasteiger partial charge in [-0.1, -0.05) is 32.0 Å². The van der Waals surface area contributed by atoms with E-state index >= 15 is 0 Å². The number of rotatable bonds is 4. The highest BCUT2D eigenvalue weighted by atomic mass is 79.9. The minimum absolute atomic E-state index is 0.303. The second kappa shape index (κ2) is 6.61. The Kier molecular flexibility index (Phi) is 4.84. The molecule has 2 N–H and O–H groups in total. The molecule has 2 rings (SSSR count). The summed E-state index contributed by atoms with van der Waals surface area (Å²) in [4.78, 5) is 12.0. The third-order valence-corrected chi connectivity index (χ3v) is 3.47. The zero-order chi connectivity index (χ0) is 14.5. The van der Waals surface area contributed by atoms with Gasteiger partial charge >= 0.3 is 6.03 Å². The van der Waals surface area contributed by atoms with Gasteiger partial charge in [0.2, 0.25) is 5.88 Å². The number of hydrogen-bond donors (Lipinski definition) is 2. The van der Waals surface area contributed by atoms with Crippen molar-refractivity contribution in [2.24, 2.45) is 0 Å². The molecule has 0 unspecified atom stereocenters. The van der Waals surface area contributed by atoms with Crippen LogP contribution in [0.25, 0.3) is 0 Å². The van der Waals surface area contributed by atoms with Gasteiger partial charge in [-0.25, -0.2) is 4.79 Å². The molecule has 20 heavy (non-hydrogen) atoms. The quantitative estimate of drug-likeness (QED) is 0.841. The van der Waals surface area contributed by atoms with Crippen molar-refractivity contribution < 1.29 is 9.21 Å². The standard InChI is InChI=1S/C15H17BrN2O2/c1-3-10-6-5-7-11(4-2)14(10)18-15(19)17-13-9-8-12(16)20-13/h5-9H,3-4H2,1-2H3,(H2,17,18,19). The number of hydrogen-bond acceptors (Lipinski definition) is 2. The zero-order valence-corrected chi connectivity index (χ0v) is 13.1. The molecular formula is C15H17BrN2O2. The summed E-state index contributed by atoms with van der Waals surface area (Å²) in [6.07, 6.45) is 1.74. The number of carbonyl (C=O) groups excluding carboxylic acids is 1. The van der Waals surface area contributed by atoms with Crippen LogP contribution in [-0.4, -0.2) is 6.03 Å². The molecule has 0 aliphatic heterocycles. The van der Waals surface area contributed by atoms with E-state index in [1.165, 1.54) is 0 Å². The minimum atomic E-state index is -0.303. The Balaban J connectivity index is 2.14. The van der Waals surface area contributed by atoms with Crippen LogP contribution in [-0.2, 0) is 12.8 Å². The number of benzene rings is 1. The molecule has 0 aliphatic rings. The van der Waals surface area contributed by atoms with Gasteiger partial charge < -0.3 is 9.73 Å². The van der Waals surface area contributed by atoms with Crippen molar-refractivity contribution in [1.29, 1.82) is 0 Å². The lowest BCUT2D eigenvalue weighted by Crippen LogP contribution is -2.20. The molecule has 106 valence electrons. The van der Waals surface area contributed by atoms with Crippen LogP contribution in [0, 0.1) is 0 Å². The molecule has 2 amide bonds. The molecule has 4 nitrogen and oxygen atoms in total. The normalized spacial score (nSPS) is 10.3. The zero-order valence-electron chi connectivity index (χ0n) is 11.5.